The molecule has 0 aromatic carbocycles. The van der Waals surface area contributed by atoms with Gasteiger partial charge in [0.2, 0.25) is 5.91 Å². The zero-order chi connectivity index (χ0) is 12.7. The summed E-state index contributed by atoms with van der Waals surface area (Å²) >= 11 is 0. The summed E-state index contributed by atoms with van der Waals surface area (Å²) in [6, 6.07) is 0. The van der Waals surface area contributed by atoms with Gasteiger partial charge in [0.05, 0.1) is 23.0 Å². The lowest BCUT2D eigenvalue weighted by atomic mass is 9.85. The molecule has 2 saturated heterocycles. The minimum atomic E-state index is -2.98. The lowest BCUT2D eigenvalue weighted by molar-refractivity contribution is -0.142. The summed E-state index contributed by atoms with van der Waals surface area (Å²) in [6.45, 7) is 3.23. The van der Waals surface area contributed by atoms with Crippen molar-refractivity contribution >= 4 is 15.7 Å². The second-order valence-electron chi connectivity index (χ2n) is 5.41. The maximum Gasteiger partial charge on any atom is 0.226 e. The maximum absolute atomic E-state index is 12.0. The topological polar surface area (TPSA) is 80.5 Å². The summed E-state index contributed by atoms with van der Waals surface area (Å²) in [5, 5.41) is 0. The van der Waals surface area contributed by atoms with Crippen molar-refractivity contribution in [2.24, 2.45) is 11.7 Å². The van der Waals surface area contributed by atoms with E-state index in [0.717, 1.165) is 12.8 Å². The van der Waals surface area contributed by atoms with Crippen molar-refractivity contribution in [3.05, 3.63) is 0 Å². The first kappa shape index (κ1) is 12.8. The number of nitrogens with zero attached hydrogens (tertiary/aromatic N) is 1. The lowest BCUT2D eigenvalue weighted by Gasteiger charge is -2.48. The molecule has 0 spiro atoms. The van der Waals surface area contributed by atoms with Gasteiger partial charge in [-0.05, 0) is 12.8 Å². The number of hydrogen-bond donors (Lipinski definition) is 1. The predicted octanol–water partition coefficient (Wildman–Crippen LogP) is -0.239. The van der Waals surface area contributed by atoms with Crippen LogP contribution in [0.5, 0.6) is 0 Å². The number of rotatable bonds is 3. The molecule has 0 saturated carbocycles. The van der Waals surface area contributed by atoms with Crippen molar-refractivity contribution in [1.82, 2.24) is 4.90 Å². The van der Waals surface area contributed by atoms with E-state index in [1.807, 2.05) is 0 Å². The fourth-order valence-corrected chi connectivity index (χ4v) is 4.51. The smallest absolute Gasteiger partial charge is 0.226 e. The molecule has 2 rings (SSSR count). The van der Waals surface area contributed by atoms with Crippen LogP contribution >= 0.6 is 0 Å². The molecule has 0 radical (unpaired) electrons. The van der Waals surface area contributed by atoms with Crippen LogP contribution in [0.1, 0.15) is 26.2 Å². The van der Waals surface area contributed by atoms with Crippen LogP contribution in [0.4, 0.5) is 0 Å². The van der Waals surface area contributed by atoms with E-state index in [0.29, 0.717) is 19.5 Å². The summed E-state index contributed by atoms with van der Waals surface area (Å²) < 4.78 is 22.6. The standard InChI is InChI=1S/C11H20N2O3S/c1-2-4-11(12)7-13(8-11)10(14)9-3-5-17(15,16)6-9/h9H,2-8,12H2,1H3. The quantitative estimate of drug-likeness (QED) is 0.759. The number of carbonyl (C=O) groups excluding carboxylic acids is 1. The Balaban J connectivity index is 1.88. The minimum Gasteiger partial charge on any atom is -0.339 e. The van der Waals surface area contributed by atoms with E-state index in [1.54, 1.807) is 4.90 Å². The van der Waals surface area contributed by atoms with Crippen LogP contribution in [-0.4, -0.2) is 49.4 Å². The highest BCUT2D eigenvalue weighted by Crippen LogP contribution is 2.28. The van der Waals surface area contributed by atoms with E-state index < -0.39 is 9.84 Å². The van der Waals surface area contributed by atoms with E-state index in [4.69, 9.17) is 5.73 Å². The Morgan fingerprint density at radius 3 is 2.59 bits per heavy atom. The summed E-state index contributed by atoms with van der Waals surface area (Å²) in [6.07, 6.45) is 2.40. The molecule has 1 amide bonds. The van der Waals surface area contributed by atoms with Crippen molar-refractivity contribution in [3.63, 3.8) is 0 Å². The van der Waals surface area contributed by atoms with Gasteiger partial charge in [0.15, 0.2) is 9.84 Å². The second-order valence-corrected chi connectivity index (χ2v) is 7.64. The Labute approximate surface area is 102 Å². The highest BCUT2D eigenvalue weighted by atomic mass is 32.2. The molecule has 17 heavy (non-hydrogen) atoms. The van der Waals surface area contributed by atoms with Crippen LogP contribution in [0.3, 0.4) is 0 Å². The minimum absolute atomic E-state index is 0.0215. The number of carbonyl (C=O) groups is 1. The first-order valence-corrected chi connectivity index (χ1v) is 7.95. The maximum atomic E-state index is 12.0. The SMILES string of the molecule is CCCC1(N)CN(C(=O)C2CCS(=O)(=O)C2)C1. The van der Waals surface area contributed by atoms with Gasteiger partial charge in [-0.3, -0.25) is 4.79 Å². The van der Waals surface area contributed by atoms with Crippen molar-refractivity contribution in [1.29, 1.82) is 0 Å². The van der Waals surface area contributed by atoms with E-state index >= 15 is 0 Å². The molecule has 2 heterocycles. The Morgan fingerprint density at radius 1 is 1.47 bits per heavy atom. The normalized spacial score (nSPS) is 30.0. The lowest BCUT2D eigenvalue weighted by Crippen LogP contribution is -2.69. The molecule has 6 heteroatoms. The van der Waals surface area contributed by atoms with E-state index in [-0.39, 0.29) is 28.9 Å². The van der Waals surface area contributed by atoms with Crippen molar-refractivity contribution in [3.8, 4) is 0 Å². The highest BCUT2D eigenvalue weighted by Gasteiger charge is 2.44. The van der Waals surface area contributed by atoms with Crippen LogP contribution < -0.4 is 5.73 Å². The molecule has 5 nitrogen and oxygen atoms in total. The van der Waals surface area contributed by atoms with Crippen LogP contribution in [0, 0.1) is 5.92 Å². The third kappa shape index (κ3) is 2.63. The molecule has 0 aliphatic carbocycles. The zero-order valence-corrected chi connectivity index (χ0v) is 11.0. The fourth-order valence-electron chi connectivity index (χ4n) is 2.77. The average molecular weight is 260 g/mol. The van der Waals surface area contributed by atoms with E-state index in [1.165, 1.54) is 0 Å². The number of hydrogen-bond acceptors (Lipinski definition) is 4. The van der Waals surface area contributed by atoms with Crippen LogP contribution in [0.15, 0.2) is 0 Å². The Hall–Kier alpha value is -0.620. The molecule has 2 aliphatic rings. The summed E-state index contributed by atoms with van der Waals surface area (Å²) in [5.41, 5.74) is 5.85. The molecule has 0 bridgehead atoms. The van der Waals surface area contributed by atoms with Gasteiger partial charge in [-0.1, -0.05) is 13.3 Å². The van der Waals surface area contributed by atoms with Crippen LogP contribution in [0.25, 0.3) is 0 Å². The van der Waals surface area contributed by atoms with Gasteiger partial charge >= 0.3 is 0 Å². The molecule has 2 fully saturated rings. The highest BCUT2D eigenvalue weighted by molar-refractivity contribution is 7.91. The zero-order valence-electron chi connectivity index (χ0n) is 10.2. The molecule has 1 unspecified atom stereocenters. The fraction of sp³-hybridized carbons (Fsp3) is 0.909. The van der Waals surface area contributed by atoms with E-state index in [9.17, 15) is 13.2 Å². The van der Waals surface area contributed by atoms with Gasteiger partial charge in [-0.15, -0.1) is 0 Å². The van der Waals surface area contributed by atoms with Gasteiger partial charge in [0.25, 0.3) is 0 Å². The first-order valence-electron chi connectivity index (χ1n) is 6.13. The Bertz CT molecular complexity index is 412. The number of sulfone groups is 1. The molecule has 0 aromatic rings. The average Bonchev–Trinajstić information content (AvgIpc) is 2.54. The molecular weight excluding hydrogens is 240 g/mol. The van der Waals surface area contributed by atoms with Crippen molar-refractivity contribution < 1.29 is 13.2 Å². The molecule has 0 aromatic heterocycles. The Kier molecular flexibility index (Phi) is 3.20. The van der Waals surface area contributed by atoms with Crippen LogP contribution in [0.2, 0.25) is 0 Å². The molecule has 98 valence electrons. The largest absolute Gasteiger partial charge is 0.339 e. The van der Waals surface area contributed by atoms with Gasteiger partial charge in [-0.25, -0.2) is 8.42 Å². The van der Waals surface area contributed by atoms with Crippen molar-refractivity contribution in [2.45, 2.75) is 31.7 Å². The summed E-state index contributed by atoms with van der Waals surface area (Å²) in [4.78, 5) is 13.7. The van der Waals surface area contributed by atoms with Gasteiger partial charge in [-0.2, -0.15) is 0 Å². The summed E-state index contributed by atoms with van der Waals surface area (Å²) in [5.74, 6) is -0.178. The third-order valence-corrected chi connectivity index (χ3v) is 5.42. The number of likely N-dealkylation sites (tertiary alicyclic amines) is 1. The summed E-state index contributed by atoms with van der Waals surface area (Å²) in [7, 11) is -2.98. The molecule has 2 aliphatic heterocycles. The number of amides is 1. The van der Waals surface area contributed by atoms with Gasteiger partial charge in [0, 0.05) is 13.1 Å². The number of nitrogens with two attached hydrogens (primary N) is 1. The third-order valence-electron chi connectivity index (χ3n) is 3.65. The van der Waals surface area contributed by atoms with Gasteiger partial charge in [0.1, 0.15) is 0 Å². The molecular formula is C11H20N2O3S. The molecule has 2 N–H and O–H groups in total. The Morgan fingerprint density at radius 2 is 2.12 bits per heavy atom. The molecule has 1 atom stereocenters. The van der Waals surface area contributed by atoms with Crippen LogP contribution in [-0.2, 0) is 14.6 Å². The van der Waals surface area contributed by atoms with Gasteiger partial charge < -0.3 is 10.6 Å². The second kappa shape index (κ2) is 4.24. The first-order chi connectivity index (χ1) is 7.85. The van der Waals surface area contributed by atoms with E-state index in [2.05, 4.69) is 6.92 Å². The van der Waals surface area contributed by atoms with Crippen molar-refractivity contribution in [2.75, 3.05) is 24.6 Å². The monoisotopic (exact) mass is 260 g/mol. The predicted molar refractivity (Wildman–Crippen MR) is 65.2 cm³/mol.